The van der Waals surface area contributed by atoms with Crippen LogP contribution in [0.1, 0.15) is 0 Å². The maximum atomic E-state index is 6.63. The van der Waals surface area contributed by atoms with Crippen LogP contribution in [-0.4, -0.2) is 19.5 Å². The first-order valence-electron chi connectivity index (χ1n) is 21.1. The molecule has 13 aromatic rings. The van der Waals surface area contributed by atoms with Gasteiger partial charge in [0.15, 0.2) is 17.5 Å². The first kappa shape index (κ1) is 35.6. The standard InChI is InChI=1S/C57H34N4OS/c1-3-16-35(17-4-1)55-58-56(43-22-8-7-20-39(43)41-25-15-31-51-53(41)44-23-10-12-30-50(44)63-51)60-57(59-55)45-27-14-29-49-52(45)46-34-36(32-33-48(46)62-49)38-24-13-26-42-40-21-9-11-28-47(40)61(54(38)42)37-18-5-2-6-19-37/h1-34H. The second-order valence-electron chi connectivity index (χ2n) is 15.9. The third-order valence-electron chi connectivity index (χ3n) is 12.3. The number of aromatic nitrogens is 4. The summed E-state index contributed by atoms with van der Waals surface area (Å²) in [5.41, 5.74) is 12.2. The maximum Gasteiger partial charge on any atom is 0.164 e. The summed E-state index contributed by atoms with van der Waals surface area (Å²) >= 11 is 1.82. The van der Waals surface area contributed by atoms with E-state index in [9.17, 15) is 0 Å². The third-order valence-corrected chi connectivity index (χ3v) is 13.4. The summed E-state index contributed by atoms with van der Waals surface area (Å²) < 4.78 is 11.5. The lowest BCUT2D eigenvalue weighted by Crippen LogP contribution is -2.01. The molecule has 0 saturated heterocycles. The summed E-state index contributed by atoms with van der Waals surface area (Å²) in [5.74, 6) is 1.80. The van der Waals surface area contributed by atoms with Gasteiger partial charge in [0, 0.05) is 69.7 Å². The van der Waals surface area contributed by atoms with Crippen molar-refractivity contribution in [2.45, 2.75) is 0 Å². The van der Waals surface area contributed by atoms with Crippen molar-refractivity contribution in [3.63, 3.8) is 0 Å². The molecule has 9 aromatic carbocycles. The average Bonchev–Trinajstić information content (AvgIpc) is 4.04. The lowest BCUT2D eigenvalue weighted by atomic mass is 9.95. The lowest BCUT2D eigenvalue weighted by molar-refractivity contribution is 0.669. The van der Waals surface area contributed by atoms with Gasteiger partial charge in [0.25, 0.3) is 0 Å². The summed E-state index contributed by atoms with van der Waals surface area (Å²) in [6.07, 6.45) is 0. The Bertz CT molecular complexity index is 3920. The summed E-state index contributed by atoms with van der Waals surface area (Å²) in [6, 6.07) is 72.5. The quantitative estimate of drug-likeness (QED) is 0.168. The topological polar surface area (TPSA) is 56.7 Å². The van der Waals surface area contributed by atoms with Gasteiger partial charge in [-0.25, -0.2) is 15.0 Å². The number of furan rings is 1. The minimum atomic E-state index is 0.581. The van der Waals surface area contributed by atoms with Gasteiger partial charge >= 0.3 is 0 Å². The number of hydrogen-bond donors (Lipinski definition) is 0. The van der Waals surface area contributed by atoms with E-state index in [-0.39, 0.29) is 0 Å². The van der Waals surface area contributed by atoms with Crippen molar-refractivity contribution in [3.05, 3.63) is 206 Å². The van der Waals surface area contributed by atoms with Crippen LogP contribution in [0.5, 0.6) is 0 Å². The van der Waals surface area contributed by atoms with Gasteiger partial charge in [0.05, 0.1) is 11.0 Å². The highest BCUT2D eigenvalue weighted by Gasteiger charge is 2.22. The van der Waals surface area contributed by atoms with E-state index >= 15 is 0 Å². The Hall–Kier alpha value is -8.19. The van der Waals surface area contributed by atoms with Crippen LogP contribution in [0.15, 0.2) is 211 Å². The lowest BCUT2D eigenvalue weighted by Gasteiger charge is -2.13. The van der Waals surface area contributed by atoms with Gasteiger partial charge in [-0.05, 0) is 65.2 Å². The number of benzene rings is 9. The highest BCUT2D eigenvalue weighted by Crippen LogP contribution is 2.45. The van der Waals surface area contributed by atoms with E-state index < -0.39 is 0 Å². The molecule has 0 amide bonds. The summed E-state index contributed by atoms with van der Waals surface area (Å²) in [4.78, 5) is 15.9. The zero-order chi connectivity index (χ0) is 41.4. The number of para-hydroxylation sites is 3. The summed E-state index contributed by atoms with van der Waals surface area (Å²) in [5, 5.41) is 6.88. The molecule has 0 fully saturated rings. The molecule has 0 N–H and O–H groups in total. The largest absolute Gasteiger partial charge is 0.456 e. The molecule has 4 aromatic heterocycles. The van der Waals surface area contributed by atoms with Gasteiger partial charge in [-0.3, -0.25) is 0 Å². The molecule has 0 aliphatic heterocycles. The predicted molar refractivity (Wildman–Crippen MR) is 262 cm³/mol. The Morgan fingerprint density at radius 3 is 1.86 bits per heavy atom. The number of rotatable bonds is 6. The molecule has 0 aliphatic rings. The third kappa shape index (κ3) is 5.66. The molecular weight excluding hydrogens is 789 g/mol. The number of thiophene rings is 1. The predicted octanol–water partition coefficient (Wildman–Crippen LogP) is 15.6. The van der Waals surface area contributed by atoms with E-state index in [2.05, 4.69) is 180 Å². The highest BCUT2D eigenvalue weighted by molar-refractivity contribution is 7.25. The van der Waals surface area contributed by atoms with E-state index in [4.69, 9.17) is 19.4 Å². The van der Waals surface area contributed by atoms with E-state index in [0.717, 1.165) is 72.1 Å². The number of nitrogens with zero attached hydrogens (tertiary/aromatic N) is 4. The highest BCUT2D eigenvalue weighted by atomic mass is 32.1. The molecule has 0 bridgehead atoms. The van der Waals surface area contributed by atoms with E-state index in [1.165, 1.54) is 36.5 Å². The Morgan fingerprint density at radius 2 is 0.984 bits per heavy atom. The van der Waals surface area contributed by atoms with Gasteiger partial charge in [-0.15, -0.1) is 11.3 Å². The zero-order valence-corrected chi connectivity index (χ0v) is 34.6. The van der Waals surface area contributed by atoms with Gasteiger partial charge in [-0.1, -0.05) is 158 Å². The van der Waals surface area contributed by atoms with Crippen molar-refractivity contribution in [1.29, 1.82) is 0 Å². The molecule has 294 valence electrons. The molecule has 0 saturated carbocycles. The van der Waals surface area contributed by atoms with Crippen LogP contribution in [0.3, 0.4) is 0 Å². The first-order valence-corrected chi connectivity index (χ1v) is 21.9. The van der Waals surface area contributed by atoms with Gasteiger partial charge < -0.3 is 8.98 Å². The van der Waals surface area contributed by atoms with Crippen LogP contribution >= 0.6 is 11.3 Å². The number of hydrogen-bond acceptors (Lipinski definition) is 5. The molecular formula is C57H34N4OS. The van der Waals surface area contributed by atoms with Crippen molar-refractivity contribution in [2.24, 2.45) is 0 Å². The second kappa shape index (κ2) is 14.2. The van der Waals surface area contributed by atoms with Gasteiger partial charge in [0.1, 0.15) is 11.2 Å². The molecule has 0 unspecified atom stereocenters. The van der Waals surface area contributed by atoms with Crippen molar-refractivity contribution in [1.82, 2.24) is 19.5 Å². The fourth-order valence-electron chi connectivity index (χ4n) is 9.52. The molecule has 0 atom stereocenters. The van der Waals surface area contributed by atoms with Crippen LogP contribution in [0.4, 0.5) is 0 Å². The van der Waals surface area contributed by atoms with E-state index in [1.807, 2.05) is 41.7 Å². The molecule has 5 nitrogen and oxygen atoms in total. The van der Waals surface area contributed by atoms with E-state index in [1.54, 1.807) is 0 Å². The Morgan fingerprint density at radius 1 is 0.365 bits per heavy atom. The zero-order valence-electron chi connectivity index (χ0n) is 33.7. The fourth-order valence-corrected chi connectivity index (χ4v) is 10.7. The van der Waals surface area contributed by atoms with Crippen LogP contribution in [0.2, 0.25) is 0 Å². The fraction of sp³-hybridized carbons (Fsp3) is 0. The summed E-state index contributed by atoms with van der Waals surface area (Å²) in [7, 11) is 0. The average molecular weight is 823 g/mol. The normalized spacial score (nSPS) is 11.8. The monoisotopic (exact) mass is 822 g/mol. The number of fused-ring (bicyclic) bond motifs is 9. The molecule has 6 heteroatoms. The van der Waals surface area contributed by atoms with E-state index in [0.29, 0.717) is 17.5 Å². The molecule has 13 rings (SSSR count). The van der Waals surface area contributed by atoms with Crippen molar-refractivity contribution >= 4 is 75.3 Å². The molecule has 63 heavy (non-hydrogen) atoms. The molecule has 0 aliphatic carbocycles. The first-order chi connectivity index (χ1) is 31.2. The Balaban J connectivity index is 1.04. The minimum Gasteiger partial charge on any atom is -0.456 e. The Kier molecular flexibility index (Phi) is 8.01. The van der Waals surface area contributed by atoms with Crippen molar-refractivity contribution in [2.75, 3.05) is 0 Å². The Labute approximate surface area is 365 Å². The van der Waals surface area contributed by atoms with Crippen LogP contribution in [0.25, 0.3) is 126 Å². The second-order valence-corrected chi connectivity index (χ2v) is 17.0. The van der Waals surface area contributed by atoms with Crippen LogP contribution in [-0.2, 0) is 0 Å². The van der Waals surface area contributed by atoms with Crippen molar-refractivity contribution in [3.8, 4) is 62.1 Å². The SMILES string of the molecule is c1ccc(-c2nc(-c3ccccc3-c3cccc4sc5ccccc5c34)nc(-c3cccc4oc5ccc(-c6cccc7c8ccccc8n(-c8ccccc8)c67)cc5c34)n2)cc1. The molecule has 4 heterocycles. The molecule has 0 spiro atoms. The molecule has 0 radical (unpaired) electrons. The minimum absolute atomic E-state index is 0.581. The smallest absolute Gasteiger partial charge is 0.164 e. The maximum absolute atomic E-state index is 6.63. The van der Waals surface area contributed by atoms with Crippen LogP contribution < -0.4 is 0 Å². The van der Waals surface area contributed by atoms with Crippen molar-refractivity contribution < 1.29 is 4.42 Å². The summed E-state index contributed by atoms with van der Waals surface area (Å²) in [6.45, 7) is 0. The van der Waals surface area contributed by atoms with Gasteiger partial charge in [-0.2, -0.15) is 0 Å². The van der Waals surface area contributed by atoms with Crippen LogP contribution in [0, 0.1) is 0 Å². The van der Waals surface area contributed by atoms with Gasteiger partial charge in [0.2, 0.25) is 0 Å².